The second-order valence-electron chi connectivity index (χ2n) is 6.99. The third kappa shape index (κ3) is 5.44. The molecule has 6 heteroatoms. The molecule has 2 atom stereocenters. The fraction of sp³-hybridized carbons (Fsp3) is 0.579. The Bertz CT molecular complexity index is 589. The molecule has 1 aliphatic heterocycles. The van der Waals surface area contributed by atoms with Crippen LogP contribution in [-0.2, 0) is 9.59 Å². The second-order valence-corrected chi connectivity index (χ2v) is 7.43. The van der Waals surface area contributed by atoms with Gasteiger partial charge in [0.15, 0.2) is 0 Å². The third-order valence-corrected chi connectivity index (χ3v) is 5.01. The van der Waals surface area contributed by atoms with Crippen LogP contribution in [0.25, 0.3) is 0 Å². The summed E-state index contributed by atoms with van der Waals surface area (Å²) in [5.74, 6) is -0.303. The molecule has 138 valence electrons. The number of likely N-dealkylation sites (tertiary alicyclic amines) is 1. The van der Waals surface area contributed by atoms with Gasteiger partial charge in [0, 0.05) is 11.6 Å². The van der Waals surface area contributed by atoms with E-state index < -0.39 is 6.04 Å². The maximum Gasteiger partial charge on any atom is 0.242 e. The number of carbonyl (C=O) groups is 2. The van der Waals surface area contributed by atoms with Crippen LogP contribution in [0.15, 0.2) is 24.3 Å². The highest BCUT2D eigenvalue weighted by Crippen LogP contribution is 2.30. The van der Waals surface area contributed by atoms with Crippen molar-refractivity contribution in [2.24, 2.45) is 11.7 Å². The topological polar surface area (TPSA) is 75.4 Å². The number of nitrogens with one attached hydrogen (secondary N) is 1. The molecule has 2 rings (SSSR count). The maximum atomic E-state index is 12.7. The van der Waals surface area contributed by atoms with E-state index in [1.807, 2.05) is 43.0 Å². The second kappa shape index (κ2) is 9.20. The lowest BCUT2D eigenvalue weighted by atomic mass is 10.0. The Morgan fingerprint density at radius 3 is 2.56 bits per heavy atom. The van der Waals surface area contributed by atoms with Crippen molar-refractivity contribution in [1.82, 2.24) is 10.2 Å². The third-order valence-electron chi connectivity index (χ3n) is 4.76. The number of hydrogen-bond donors (Lipinski definition) is 2. The molecule has 1 aromatic rings. The van der Waals surface area contributed by atoms with E-state index in [0.29, 0.717) is 11.6 Å². The Morgan fingerprint density at radius 1 is 1.24 bits per heavy atom. The maximum absolute atomic E-state index is 12.7. The molecule has 5 nitrogen and oxygen atoms in total. The van der Waals surface area contributed by atoms with Gasteiger partial charge in [0.2, 0.25) is 11.8 Å². The van der Waals surface area contributed by atoms with Gasteiger partial charge in [-0.3, -0.25) is 9.59 Å². The summed E-state index contributed by atoms with van der Waals surface area (Å²) in [4.78, 5) is 26.6. The molecule has 1 saturated heterocycles. The minimum atomic E-state index is -0.594. The Morgan fingerprint density at radius 2 is 1.92 bits per heavy atom. The largest absolute Gasteiger partial charge is 0.346 e. The molecule has 1 fully saturated rings. The van der Waals surface area contributed by atoms with Gasteiger partial charge in [-0.15, -0.1) is 0 Å². The van der Waals surface area contributed by atoms with Crippen molar-refractivity contribution in [3.05, 3.63) is 34.9 Å². The summed E-state index contributed by atoms with van der Waals surface area (Å²) in [7, 11) is 0. The van der Waals surface area contributed by atoms with E-state index in [2.05, 4.69) is 5.32 Å². The number of nitrogens with zero attached hydrogens (tertiary/aromatic N) is 1. The van der Waals surface area contributed by atoms with Crippen LogP contribution >= 0.6 is 11.6 Å². The quantitative estimate of drug-likeness (QED) is 0.842. The molecule has 0 aliphatic carbocycles. The van der Waals surface area contributed by atoms with E-state index in [1.165, 1.54) is 0 Å². The molecular formula is C19H28ClN3O2. The molecule has 1 aromatic carbocycles. The SMILES string of the molecule is CC(C)[C@H](N)C(=O)NCC(=O)N1CCCCCC1c1ccc(Cl)cc1. The van der Waals surface area contributed by atoms with E-state index in [1.54, 1.807) is 0 Å². The van der Waals surface area contributed by atoms with Crippen molar-refractivity contribution < 1.29 is 9.59 Å². The lowest BCUT2D eigenvalue weighted by molar-refractivity contribution is -0.135. The van der Waals surface area contributed by atoms with E-state index in [4.69, 9.17) is 17.3 Å². The van der Waals surface area contributed by atoms with Crippen LogP contribution in [0.3, 0.4) is 0 Å². The lowest BCUT2D eigenvalue weighted by Crippen LogP contribution is -2.48. The van der Waals surface area contributed by atoms with E-state index in [0.717, 1.165) is 31.2 Å². The molecule has 1 aliphatic rings. The first kappa shape index (κ1) is 19.7. The molecule has 0 saturated carbocycles. The van der Waals surface area contributed by atoms with Gasteiger partial charge in [-0.05, 0) is 36.5 Å². The first-order valence-corrected chi connectivity index (χ1v) is 9.36. The molecule has 1 unspecified atom stereocenters. The average molecular weight is 366 g/mol. The van der Waals surface area contributed by atoms with Crippen LogP contribution in [0.2, 0.25) is 5.02 Å². The monoisotopic (exact) mass is 365 g/mol. The number of hydrogen-bond acceptors (Lipinski definition) is 3. The zero-order chi connectivity index (χ0) is 18.4. The molecule has 2 amide bonds. The Labute approximate surface area is 154 Å². The summed E-state index contributed by atoms with van der Waals surface area (Å²) < 4.78 is 0. The van der Waals surface area contributed by atoms with Crippen LogP contribution in [-0.4, -0.2) is 35.8 Å². The Balaban J connectivity index is 2.05. The summed E-state index contributed by atoms with van der Waals surface area (Å²) in [6.45, 7) is 4.47. The molecule has 1 heterocycles. The van der Waals surface area contributed by atoms with Crippen LogP contribution < -0.4 is 11.1 Å². The van der Waals surface area contributed by atoms with Crippen molar-refractivity contribution in [2.45, 2.75) is 51.6 Å². The van der Waals surface area contributed by atoms with E-state index >= 15 is 0 Å². The Hall–Kier alpha value is -1.59. The van der Waals surface area contributed by atoms with Crippen LogP contribution in [0, 0.1) is 5.92 Å². The lowest BCUT2D eigenvalue weighted by Gasteiger charge is -2.31. The van der Waals surface area contributed by atoms with Gasteiger partial charge in [-0.1, -0.05) is 50.4 Å². The number of rotatable bonds is 5. The molecule has 25 heavy (non-hydrogen) atoms. The summed E-state index contributed by atoms with van der Waals surface area (Å²) in [6.07, 6.45) is 4.10. The predicted octanol–water partition coefficient (Wildman–Crippen LogP) is 2.88. The number of halogens is 1. The van der Waals surface area contributed by atoms with Crippen LogP contribution in [0.4, 0.5) is 0 Å². The summed E-state index contributed by atoms with van der Waals surface area (Å²) >= 11 is 5.98. The fourth-order valence-corrected chi connectivity index (χ4v) is 3.25. The zero-order valence-corrected chi connectivity index (χ0v) is 15.8. The van der Waals surface area contributed by atoms with Crippen molar-refractivity contribution >= 4 is 23.4 Å². The van der Waals surface area contributed by atoms with Gasteiger partial charge in [-0.2, -0.15) is 0 Å². The fourth-order valence-electron chi connectivity index (χ4n) is 3.12. The molecular weight excluding hydrogens is 338 g/mol. The van der Waals surface area contributed by atoms with Crippen molar-refractivity contribution in [3.8, 4) is 0 Å². The van der Waals surface area contributed by atoms with Crippen LogP contribution in [0.1, 0.15) is 51.1 Å². The predicted molar refractivity (Wildman–Crippen MR) is 100 cm³/mol. The molecule has 0 spiro atoms. The summed E-state index contributed by atoms with van der Waals surface area (Å²) in [5.41, 5.74) is 6.92. The molecule has 0 aromatic heterocycles. The molecule has 0 radical (unpaired) electrons. The summed E-state index contributed by atoms with van der Waals surface area (Å²) in [5, 5.41) is 3.37. The molecule has 3 N–H and O–H groups in total. The van der Waals surface area contributed by atoms with Gasteiger partial charge in [-0.25, -0.2) is 0 Å². The number of nitrogens with two attached hydrogens (primary N) is 1. The zero-order valence-electron chi connectivity index (χ0n) is 15.0. The van der Waals surface area contributed by atoms with Gasteiger partial charge in [0.1, 0.15) is 0 Å². The minimum Gasteiger partial charge on any atom is -0.346 e. The van der Waals surface area contributed by atoms with E-state index in [-0.39, 0.29) is 30.3 Å². The standard InChI is InChI=1S/C19H28ClN3O2/c1-13(2)18(21)19(25)22-12-17(24)23-11-5-3-4-6-16(23)14-7-9-15(20)10-8-14/h7-10,13,16,18H,3-6,11-12,21H2,1-2H3,(H,22,25)/t16?,18-/m0/s1. The van der Waals surface area contributed by atoms with Crippen molar-refractivity contribution in [1.29, 1.82) is 0 Å². The number of benzene rings is 1. The van der Waals surface area contributed by atoms with Gasteiger partial charge < -0.3 is 16.0 Å². The van der Waals surface area contributed by atoms with Crippen LogP contribution in [0.5, 0.6) is 0 Å². The smallest absolute Gasteiger partial charge is 0.242 e. The number of amides is 2. The summed E-state index contributed by atoms with van der Waals surface area (Å²) in [6, 6.07) is 7.10. The minimum absolute atomic E-state index is 0.0106. The molecule has 0 bridgehead atoms. The highest BCUT2D eigenvalue weighted by atomic mass is 35.5. The van der Waals surface area contributed by atoms with Crippen molar-refractivity contribution in [2.75, 3.05) is 13.1 Å². The van der Waals surface area contributed by atoms with Gasteiger partial charge in [0.05, 0.1) is 18.6 Å². The highest BCUT2D eigenvalue weighted by Gasteiger charge is 2.27. The average Bonchev–Trinajstić information content (AvgIpc) is 2.85. The van der Waals surface area contributed by atoms with Gasteiger partial charge in [0.25, 0.3) is 0 Å². The highest BCUT2D eigenvalue weighted by molar-refractivity contribution is 6.30. The van der Waals surface area contributed by atoms with E-state index in [9.17, 15) is 9.59 Å². The van der Waals surface area contributed by atoms with Gasteiger partial charge >= 0.3 is 0 Å². The van der Waals surface area contributed by atoms with Crippen molar-refractivity contribution in [3.63, 3.8) is 0 Å². The Kier molecular flexibility index (Phi) is 7.26. The normalized spacial score (nSPS) is 19.4. The first-order chi connectivity index (χ1) is 11.9. The first-order valence-electron chi connectivity index (χ1n) is 8.98. The number of carbonyl (C=O) groups excluding carboxylic acids is 2.